The first-order valence-corrected chi connectivity index (χ1v) is 7.19. The number of fused-ring (bicyclic) bond motifs is 1. The number of allylic oxidation sites excluding steroid dienone is 1. The van der Waals surface area contributed by atoms with Crippen molar-refractivity contribution < 1.29 is 9.47 Å². The van der Waals surface area contributed by atoms with E-state index >= 15 is 0 Å². The van der Waals surface area contributed by atoms with Gasteiger partial charge in [-0.05, 0) is 38.3 Å². The fourth-order valence-corrected chi connectivity index (χ4v) is 2.71. The minimum atomic E-state index is 0.650. The fourth-order valence-electron chi connectivity index (χ4n) is 2.71. The SMILES string of the molecule is C1=C(CCNCc2cccc3c2OCCO3)CCC1. The van der Waals surface area contributed by atoms with Gasteiger partial charge in [-0.1, -0.05) is 23.8 Å². The standard InChI is InChI=1S/C16H21NO2/c1-2-5-13(4-1)8-9-17-12-14-6-3-7-15-16(14)19-11-10-18-15/h3-4,6-7,17H,1-2,5,8-12H2. The van der Waals surface area contributed by atoms with E-state index in [0.717, 1.165) is 24.6 Å². The zero-order chi connectivity index (χ0) is 12.9. The highest BCUT2D eigenvalue weighted by molar-refractivity contribution is 5.47. The molecular weight excluding hydrogens is 238 g/mol. The summed E-state index contributed by atoms with van der Waals surface area (Å²) in [6, 6.07) is 6.11. The van der Waals surface area contributed by atoms with E-state index in [4.69, 9.17) is 9.47 Å². The number of nitrogens with one attached hydrogen (secondary N) is 1. The molecule has 1 aromatic carbocycles. The molecular formula is C16H21NO2. The van der Waals surface area contributed by atoms with Crippen molar-refractivity contribution in [3.8, 4) is 11.5 Å². The van der Waals surface area contributed by atoms with Crippen LogP contribution in [0.2, 0.25) is 0 Å². The molecule has 0 unspecified atom stereocenters. The molecule has 0 amide bonds. The average Bonchev–Trinajstić information content (AvgIpc) is 2.97. The van der Waals surface area contributed by atoms with Gasteiger partial charge in [-0.2, -0.15) is 0 Å². The number of benzene rings is 1. The maximum absolute atomic E-state index is 5.71. The maximum Gasteiger partial charge on any atom is 0.165 e. The van der Waals surface area contributed by atoms with Crippen molar-refractivity contribution >= 4 is 0 Å². The second-order valence-corrected chi connectivity index (χ2v) is 5.12. The third-order valence-corrected chi connectivity index (χ3v) is 3.72. The van der Waals surface area contributed by atoms with Gasteiger partial charge in [-0.25, -0.2) is 0 Å². The molecule has 19 heavy (non-hydrogen) atoms. The molecule has 0 saturated heterocycles. The summed E-state index contributed by atoms with van der Waals surface area (Å²) < 4.78 is 11.3. The normalized spacial score (nSPS) is 17.4. The Balaban J connectivity index is 1.52. The topological polar surface area (TPSA) is 30.5 Å². The number of para-hydroxylation sites is 1. The van der Waals surface area contributed by atoms with E-state index in [2.05, 4.69) is 17.5 Å². The number of hydrogen-bond donors (Lipinski definition) is 1. The summed E-state index contributed by atoms with van der Waals surface area (Å²) in [4.78, 5) is 0. The minimum Gasteiger partial charge on any atom is -0.486 e. The molecule has 102 valence electrons. The number of hydrogen-bond acceptors (Lipinski definition) is 3. The Morgan fingerprint density at radius 2 is 2.11 bits per heavy atom. The Hall–Kier alpha value is -1.48. The van der Waals surface area contributed by atoms with Crippen molar-refractivity contribution in [2.45, 2.75) is 32.2 Å². The summed E-state index contributed by atoms with van der Waals surface area (Å²) in [5.41, 5.74) is 2.81. The van der Waals surface area contributed by atoms with E-state index in [-0.39, 0.29) is 0 Å². The lowest BCUT2D eigenvalue weighted by Gasteiger charge is -2.21. The van der Waals surface area contributed by atoms with Gasteiger partial charge in [0.15, 0.2) is 11.5 Å². The Kier molecular flexibility index (Phi) is 4.04. The smallest absolute Gasteiger partial charge is 0.165 e. The molecule has 3 rings (SSSR count). The molecule has 1 N–H and O–H groups in total. The molecule has 1 aromatic rings. The van der Waals surface area contributed by atoms with Crippen LogP contribution in [-0.2, 0) is 6.54 Å². The first kappa shape index (κ1) is 12.5. The van der Waals surface area contributed by atoms with Gasteiger partial charge in [0.05, 0.1) is 0 Å². The van der Waals surface area contributed by atoms with Crippen LogP contribution in [0.25, 0.3) is 0 Å². The highest BCUT2D eigenvalue weighted by atomic mass is 16.6. The second-order valence-electron chi connectivity index (χ2n) is 5.12. The molecule has 3 nitrogen and oxygen atoms in total. The van der Waals surface area contributed by atoms with Crippen molar-refractivity contribution in [3.05, 3.63) is 35.4 Å². The van der Waals surface area contributed by atoms with Crippen LogP contribution in [0.5, 0.6) is 11.5 Å². The summed E-state index contributed by atoms with van der Waals surface area (Å²) in [6.45, 7) is 3.19. The molecule has 3 heteroatoms. The van der Waals surface area contributed by atoms with E-state index in [1.807, 2.05) is 12.1 Å². The maximum atomic E-state index is 5.71. The van der Waals surface area contributed by atoms with Crippen LogP contribution in [0.15, 0.2) is 29.8 Å². The van der Waals surface area contributed by atoms with Gasteiger partial charge < -0.3 is 14.8 Å². The second kappa shape index (κ2) is 6.11. The van der Waals surface area contributed by atoms with E-state index in [1.54, 1.807) is 5.57 Å². The van der Waals surface area contributed by atoms with Gasteiger partial charge in [-0.3, -0.25) is 0 Å². The molecule has 1 heterocycles. The van der Waals surface area contributed by atoms with E-state index < -0.39 is 0 Å². The van der Waals surface area contributed by atoms with Gasteiger partial charge in [-0.15, -0.1) is 0 Å². The molecule has 0 bridgehead atoms. The van der Waals surface area contributed by atoms with Crippen LogP contribution in [-0.4, -0.2) is 19.8 Å². The predicted molar refractivity (Wildman–Crippen MR) is 75.7 cm³/mol. The van der Waals surface area contributed by atoms with Crippen molar-refractivity contribution in [2.24, 2.45) is 0 Å². The van der Waals surface area contributed by atoms with E-state index in [1.165, 1.54) is 31.2 Å². The van der Waals surface area contributed by atoms with Gasteiger partial charge >= 0.3 is 0 Å². The third kappa shape index (κ3) is 3.10. The Labute approximate surface area is 114 Å². The number of ether oxygens (including phenoxy) is 2. The molecule has 0 saturated carbocycles. The molecule has 0 radical (unpaired) electrons. The molecule has 0 aromatic heterocycles. The lowest BCUT2D eigenvalue weighted by Crippen LogP contribution is -2.20. The summed E-state index contributed by atoms with van der Waals surface area (Å²) in [5, 5.41) is 3.50. The predicted octanol–water partition coefficient (Wildman–Crippen LogP) is 3.05. The number of rotatable bonds is 5. The summed E-state index contributed by atoms with van der Waals surface area (Å²) in [5.74, 6) is 1.80. The largest absolute Gasteiger partial charge is 0.486 e. The third-order valence-electron chi connectivity index (χ3n) is 3.72. The first-order chi connectivity index (χ1) is 9.43. The highest BCUT2D eigenvalue weighted by Gasteiger charge is 2.14. The minimum absolute atomic E-state index is 0.650. The fraction of sp³-hybridized carbons (Fsp3) is 0.500. The monoisotopic (exact) mass is 259 g/mol. The van der Waals surface area contributed by atoms with Crippen molar-refractivity contribution in [2.75, 3.05) is 19.8 Å². The summed E-state index contributed by atoms with van der Waals surface area (Å²) in [6.07, 6.45) is 7.47. The Morgan fingerprint density at radius 1 is 1.16 bits per heavy atom. The van der Waals surface area contributed by atoms with Crippen molar-refractivity contribution in [1.82, 2.24) is 5.32 Å². The zero-order valence-corrected chi connectivity index (χ0v) is 11.3. The van der Waals surface area contributed by atoms with E-state index in [9.17, 15) is 0 Å². The molecule has 1 aliphatic carbocycles. The highest BCUT2D eigenvalue weighted by Crippen LogP contribution is 2.33. The molecule has 2 aliphatic rings. The van der Waals surface area contributed by atoms with Crippen molar-refractivity contribution in [1.29, 1.82) is 0 Å². The summed E-state index contributed by atoms with van der Waals surface area (Å²) >= 11 is 0. The molecule has 1 aliphatic heterocycles. The van der Waals surface area contributed by atoms with Crippen LogP contribution >= 0.6 is 0 Å². The Bertz CT molecular complexity index is 468. The molecule has 0 atom stereocenters. The van der Waals surface area contributed by atoms with Crippen LogP contribution in [0, 0.1) is 0 Å². The lowest BCUT2D eigenvalue weighted by atomic mass is 10.1. The van der Waals surface area contributed by atoms with Gasteiger partial charge in [0, 0.05) is 12.1 Å². The van der Waals surface area contributed by atoms with Crippen LogP contribution in [0.3, 0.4) is 0 Å². The average molecular weight is 259 g/mol. The van der Waals surface area contributed by atoms with Gasteiger partial charge in [0.25, 0.3) is 0 Å². The zero-order valence-electron chi connectivity index (χ0n) is 11.3. The van der Waals surface area contributed by atoms with Gasteiger partial charge in [0.2, 0.25) is 0 Å². The van der Waals surface area contributed by atoms with Crippen LogP contribution in [0.1, 0.15) is 31.2 Å². The van der Waals surface area contributed by atoms with Gasteiger partial charge in [0.1, 0.15) is 13.2 Å². The van der Waals surface area contributed by atoms with Crippen LogP contribution in [0.4, 0.5) is 0 Å². The molecule has 0 fully saturated rings. The molecule has 0 spiro atoms. The summed E-state index contributed by atoms with van der Waals surface area (Å²) in [7, 11) is 0. The first-order valence-electron chi connectivity index (χ1n) is 7.19. The lowest BCUT2D eigenvalue weighted by molar-refractivity contribution is 0.169. The van der Waals surface area contributed by atoms with Crippen LogP contribution < -0.4 is 14.8 Å². The quantitative estimate of drug-likeness (QED) is 0.651. The van der Waals surface area contributed by atoms with E-state index in [0.29, 0.717) is 13.2 Å². The van der Waals surface area contributed by atoms with Crippen molar-refractivity contribution in [3.63, 3.8) is 0 Å². The Morgan fingerprint density at radius 3 is 3.00 bits per heavy atom.